The lowest BCUT2D eigenvalue weighted by atomic mass is 10.2. The number of hydrogen-bond donors (Lipinski definition) is 2. The summed E-state index contributed by atoms with van der Waals surface area (Å²) in [6.07, 6.45) is 0. The van der Waals surface area contributed by atoms with Crippen LogP contribution in [0.15, 0.2) is 24.3 Å². The van der Waals surface area contributed by atoms with Crippen molar-refractivity contribution in [1.82, 2.24) is 0 Å². The van der Waals surface area contributed by atoms with E-state index in [9.17, 15) is 4.79 Å². The number of anilines is 1. The Balaban J connectivity index is 2.89. The molecule has 0 aliphatic heterocycles. The molecule has 0 unspecified atom stereocenters. The van der Waals surface area contributed by atoms with Gasteiger partial charge in [0.1, 0.15) is 4.99 Å². The Morgan fingerprint density at radius 1 is 1.47 bits per heavy atom. The first kappa shape index (κ1) is 11.5. The molecule has 1 aromatic carbocycles. The zero-order chi connectivity index (χ0) is 11.4. The van der Waals surface area contributed by atoms with Crippen LogP contribution in [0.5, 0.6) is 0 Å². The molecule has 0 aromatic heterocycles. The van der Waals surface area contributed by atoms with Crippen molar-refractivity contribution in [1.29, 1.82) is 0 Å². The molecule has 0 heterocycles. The summed E-state index contributed by atoms with van der Waals surface area (Å²) in [6.45, 7) is 0.167. The molecule has 1 amide bonds. The van der Waals surface area contributed by atoms with Gasteiger partial charge in [-0.05, 0) is 12.1 Å². The van der Waals surface area contributed by atoms with Crippen molar-refractivity contribution in [2.24, 2.45) is 11.5 Å². The van der Waals surface area contributed by atoms with E-state index >= 15 is 0 Å². The summed E-state index contributed by atoms with van der Waals surface area (Å²) in [7, 11) is 1.78. The SMILES string of the molecule is CN(CC(N)=O)c1cccc(C(N)=S)c1. The van der Waals surface area contributed by atoms with Gasteiger partial charge >= 0.3 is 0 Å². The molecule has 15 heavy (non-hydrogen) atoms. The normalized spacial score (nSPS) is 9.67. The fourth-order valence-corrected chi connectivity index (χ4v) is 1.35. The highest BCUT2D eigenvalue weighted by Crippen LogP contribution is 2.14. The Hall–Kier alpha value is -1.62. The van der Waals surface area contributed by atoms with Crippen LogP contribution in [0.25, 0.3) is 0 Å². The number of benzene rings is 1. The van der Waals surface area contributed by atoms with E-state index in [1.807, 2.05) is 24.3 Å². The number of carbonyl (C=O) groups is 1. The molecule has 0 bridgehead atoms. The number of nitrogens with two attached hydrogens (primary N) is 2. The number of amides is 1. The number of likely N-dealkylation sites (N-methyl/N-ethyl adjacent to an activating group) is 1. The highest BCUT2D eigenvalue weighted by Gasteiger charge is 2.05. The lowest BCUT2D eigenvalue weighted by Gasteiger charge is -2.17. The van der Waals surface area contributed by atoms with Crippen LogP contribution in [0.3, 0.4) is 0 Å². The average Bonchev–Trinajstić information content (AvgIpc) is 2.17. The molecule has 0 fully saturated rings. The van der Waals surface area contributed by atoms with E-state index in [1.54, 1.807) is 11.9 Å². The van der Waals surface area contributed by atoms with Crippen molar-refractivity contribution in [2.45, 2.75) is 0 Å². The van der Waals surface area contributed by atoms with Crippen LogP contribution in [0, 0.1) is 0 Å². The first-order chi connectivity index (χ1) is 7.00. The zero-order valence-corrected chi connectivity index (χ0v) is 9.25. The second-order valence-electron chi connectivity index (χ2n) is 3.24. The van der Waals surface area contributed by atoms with Gasteiger partial charge in [0, 0.05) is 18.3 Å². The van der Waals surface area contributed by atoms with E-state index in [2.05, 4.69) is 0 Å². The number of thiocarbonyl (C=S) groups is 1. The fourth-order valence-electron chi connectivity index (χ4n) is 1.22. The molecule has 0 radical (unpaired) electrons. The average molecular weight is 223 g/mol. The monoisotopic (exact) mass is 223 g/mol. The molecule has 1 aromatic rings. The van der Waals surface area contributed by atoms with Crippen LogP contribution in [-0.4, -0.2) is 24.5 Å². The summed E-state index contributed by atoms with van der Waals surface area (Å²) in [6, 6.07) is 7.35. The molecular formula is C10H13N3OS. The van der Waals surface area contributed by atoms with Gasteiger partial charge in [0.15, 0.2) is 0 Å². The van der Waals surface area contributed by atoms with Crippen molar-refractivity contribution in [3.8, 4) is 0 Å². The van der Waals surface area contributed by atoms with E-state index < -0.39 is 0 Å². The third-order valence-corrected chi connectivity index (χ3v) is 2.20. The molecule has 4 N–H and O–H groups in total. The topological polar surface area (TPSA) is 72.3 Å². The van der Waals surface area contributed by atoms with Gasteiger partial charge in [0.05, 0.1) is 6.54 Å². The molecular weight excluding hydrogens is 210 g/mol. The summed E-state index contributed by atoms with van der Waals surface area (Å²) in [5, 5.41) is 0. The van der Waals surface area contributed by atoms with Gasteiger partial charge in [-0.25, -0.2) is 0 Å². The second-order valence-corrected chi connectivity index (χ2v) is 3.68. The number of hydrogen-bond acceptors (Lipinski definition) is 3. The van der Waals surface area contributed by atoms with E-state index in [0.717, 1.165) is 11.3 Å². The summed E-state index contributed by atoms with van der Waals surface area (Å²) in [5.41, 5.74) is 12.2. The summed E-state index contributed by atoms with van der Waals surface area (Å²) >= 11 is 4.86. The summed E-state index contributed by atoms with van der Waals surface area (Å²) in [5.74, 6) is -0.377. The highest BCUT2D eigenvalue weighted by atomic mass is 32.1. The number of primary amides is 1. The highest BCUT2D eigenvalue weighted by molar-refractivity contribution is 7.80. The van der Waals surface area contributed by atoms with Crippen molar-refractivity contribution in [3.63, 3.8) is 0 Å². The van der Waals surface area contributed by atoms with Gasteiger partial charge in [0.25, 0.3) is 0 Å². The van der Waals surface area contributed by atoms with Crippen LogP contribution >= 0.6 is 12.2 Å². The molecule has 4 nitrogen and oxygen atoms in total. The number of carbonyl (C=O) groups excluding carboxylic acids is 1. The first-order valence-corrected chi connectivity index (χ1v) is 4.81. The maximum atomic E-state index is 10.7. The minimum absolute atomic E-state index is 0.167. The maximum Gasteiger partial charge on any atom is 0.236 e. The molecule has 0 spiro atoms. The van der Waals surface area contributed by atoms with E-state index in [4.69, 9.17) is 23.7 Å². The maximum absolute atomic E-state index is 10.7. The van der Waals surface area contributed by atoms with E-state index in [1.165, 1.54) is 0 Å². The van der Waals surface area contributed by atoms with Crippen LogP contribution < -0.4 is 16.4 Å². The lowest BCUT2D eigenvalue weighted by Crippen LogP contribution is -2.30. The Morgan fingerprint density at radius 2 is 2.13 bits per heavy atom. The third kappa shape index (κ3) is 3.21. The molecule has 80 valence electrons. The fraction of sp³-hybridized carbons (Fsp3) is 0.200. The first-order valence-electron chi connectivity index (χ1n) is 4.40. The van der Waals surface area contributed by atoms with Crippen LogP contribution in [0.1, 0.15) is 5.56 Å². The minimum Gasteiger partial charge on any atom is -0.389 e. The minimum atomic E-state index is -0.377. The van der Waals surface area contributed by atoms with Gasteiger partial charge in [-0.2, -0.15) is 0 Å². The predicted molar refractivity (Wildman–Crippen MR) is 64.8 cm³/mol. The number of nitrogens with zero attached hydrogens (tertiary/aromatic N) is 1. The Bertz CT molecular complexity index is 392. The van der Waals surface area contributed by atoms with Crippen LogP contribution in [0.4, 0.5) is 5.69 Å². The molecule has 0 aliphatic carbocycles. The second kappa shape index (κ2) is 4.75. The van der Waals surface area contributed by atoms with Crippen molar-refractivity contribution in [2.75, 3.05) is 18.5 Å². The summed E-state index contributed by atoms with van der Waals surface area (Å²) < 4.78 is 0. The smallest absolute Gasteiger partial charge is 0.236 e. The van der Waals surface area contributed by atoms with Gasteiger partial charge in [-0.3, -0.25) is 4.79 Å². The van der Waals surface area contributed by atoms with Crippen LogP contribution in [-0.2, 0) is 4.79 Å². The quantitative estimate of drug-likeness (QED) is 0.717. The molecule has 0 aliphatic rings. The molecule has 0 atom stereocenters. The van der Waals surface area contributed by atoms with Crippen molar-refractivity contribution in [3.05, 3.63) is 29.8 Å². The largest absolute Gasteiger partial charge is 0.389 e. The van der Waals surface area contributed by atoms with Crippen LogP contribution in [0.2, 0.25) is 0 Å². The molecule has 0 saturated carbocycles. The molecule has 5 heteroatoms. The molecule has 1 rings (SSSR count). The molecule has 0 saturated heterocycles. The van der Waals surface area contributed by atoms with Gasteiger partial charge in [-0.15, -0.1) is 0 Å². The van der Waals surface area contributed by atoms with Gasteiger partial charge in [0.2, 0.25) is 5.91 Å². The number of rotatable bonds is 4. The predicted octanol–water partition coefficient (Wildman–Crippen LogP) is 0.242. The van der Waals surface area contributed by atoms with E-state index in [0.29, 0.717) is 4.99 Å². The lowest BCUT2D eigenvalue weighted by molar-refractivity contribution is -0.116. The Labute approximate surface area is 93.9 Å². The van der Waals surface area contributed by atoms with Gasteiger partial charge < -0.3 is 16.4 Å². The Morgan fingerprint density at radius 3 is 2.67 bits per heavy atom. The Kier molecular flexibility index (Phi) is 3.62. The summed E-state index contributed by atoms with van der Waals surface area (Å²) in [4.78, 5) is 12.8. The van der Waals surface area contributed by atoms with Crippen molar-refractivity contribution >= 4 is 28.8 Å². The zero-order valence-electron chi connectivity index (χ0n) is 8.43. The standard InChI is InChI=1S/C10H13N3OS/c1-13(6-9(11)14)8-4-2-3-7(5-8)10(12)15/h2-5H,6H2,1H3,(H2,11,14)(H2,12,15). The van der Waals surface area contributed by atoms with Gasteiger partial charge in [-0.1, -0.05) is 24.4 Å². The third-order valence-electron chi connectivity index (χ3n) is 1.96. The van der Waals surface area contributed by atoms with E-state index in [-0.39, 0.29) is 12.5 Å². The van der Waals surface area contributed by atoms with Crippen molar-refractivity contribution < 1.29 is 4.79 Å².